The number of fused-ring (bicyclic) bond motifs is 4. The van der Waals surface area contributed by atoms with Crippen molar-refractivity contribution in [2.45, 2.75) is 171 Å². The number of nitrogens with two attached hydrogens (primary N) is 2. The van der Waals surface area contributed by atoms with Gasteiger partial charge < -0.3 is 51.3 Å². The summed E-state index contributed by atoms with van der Waals surface area (Å²) in [5.74, 6) is -0.292. The van der Waals surface area contributed by atoms with Crippen LogP contribution >= 0.6 is 11.6 Å². The molecule has 0 radical (unpaired) electrons. The van der Waals surface area contributed by atoms with Crippen molar-refractivity contribution >= 4 is 47.1 Å². The zero-order valence-corrected chi connectivity index (χ0v) is 46.2. The van der Waals surface area contributed by atoms with E-state index >= 15 is 0 Å². The molecule has 0 aliphatic carbocycles. The van der Waals surface area contributed by atoms with Gasteiger partial charge in [0.25, 0.3) is 11.8 Å². The van der Waals surface area contributed by atoms with Crippen molar-refractivity contribution in [3.05, 3.63) is 117 Å². The molecule has 6 aliphatic heterocycles. The molecule has 0 fully saturated rings. The van der Waals surface area contributed by atoms with Gasteiger partial charge >= 0.3 is 0 Å². The van der Waals surface area contributed by atoms with Gasteiger partial charge in [0.1, 0.15) is 58.6 Å². The molecule has 6 heterocycles. The highest BCUT2D eigenvalue weighted by Gasteiger charge is 2.52. The summed E-state index contributed by atoms with van der Waals surface area (Å²) in [5.41, 5.74) is 11.7. The van der Waals surface area contributed by atoms with Gasteiger partial charge in [-0.1, -0.05) is 75.7 Å². The van der Waals surface area contributed by atoms with Crippen LogP contribution in [-0.4, -0.2) is 103 Å². The Morgan fingerprint density at radius 1 is 0.734 bits per heavy atom. The molecule has 4 aromatic carbocycles. The molecule has 0 bridgehead atoms. The fraction of sp³-hybridized carbons (Fsp3) is 0.475. The van der Waals surface area contributed by atoms with Gasteiger partial charge in [-0.15, -0.1) is 0 Å². The van der Waals surface area contributed by atoms with Crippen LogP contribution in [0.1, 0.15) is 179 Å². The first-order valence-corrected chi connectivity index (χ1v) is 27.6. The average molecular weight is 1100 g/mol. The number of hydrogen-bond donors (Lipinski definition) is 6. The summed E-state index contributed by atoms with van der Waals surface area (Å²) in [6.07, 6.45) is -0.395. The van der Waals surface area contributed by atoms with E-state index in [1.807, 2.05) is 33.8 Å². The second-order valence-electron chi connectivity index (χ2n) is 22.5. The summed E-state index contributed by atoms with van der Waals surface area (Å²) in [6, 6.07) is 19.0. The third-order valence-corrected chi connectivity index (χ3v) is 17.6. The molecule has 0 saturated heterocycles. The second kappa shape index (κ2) is 20.7. The summed E-state index contributed by atoms with van der Waals surface area (Å²) >= 11 is 7.16. The largest absolute Gasteiger partial charge is 0.492 e. The first-order chi connectivity index (χ1) is 37.6. The minimum atomic E-state index is -1.49. The Morgan fingerprint density at radius 2 is 1.24 bits per heavy atom. The fourth-order valence-corrected chi connectivity index (χ4v) is 12.8. The van der Waals surface area contributed by atoms with E-state index in [0.29, 0.717) is 65.9 Å². The van der Waals surface area contributed by atoms with Crippen LogP contribution in [0, 0.1) is 11.3 Å². The number of hydrogen-bond acceptors (Lipinski definition) is 15. The number of aliphatic hydroxyl groups is 2. The SMILES string of the molecule is CCC1(CC)CC(=O)N([C@@H]2CC(CC3(C)Oc4ccccc4[C@@H](NC(=O)c4cc(C#N)c5c(c4)[C@H](N4C(=O)CC(CC)(CC)N=C4N)CCO5)[C@@H]3O)Oc3c(Cl)cc(C(=O)N[C@@H]4c5ccccc5OC(C)(C)[C@H]4O)cc32)C(N)=N1. The summed E-state index contributed by atoms with van der Waals surface area (Å²) in [4.78, 5) is 70.2. The zero-order chi connectivity index (χ0) is 56.5. The molecule has 4 amide bonds. The third-order valence-electron chi connectivity index (χ3n) is 17.3. The number of guanidine groups is 2. The molecular formula is C59H68ClN9O10. The van der Waals surface area contributed by atoms with Crippen LogP contribution in [0.25, 0.3) is 0 Å². The molecule has 8 atom stereocenters. The molecule has 79 heavy (non-hydrogen) atoms. The standard InChI is InChI=1S/C59H68ClN9O10/c1-8-58(9-2)28-44(70)68(54(62)66-58)40-20-21-76-48-33(30-61)22-31(23-37(40)48)52(74)65-47-36-17-13-15-19-43(36)79-57(7,51(47)73)27-34-26-41(69-45(71)29-59(10-3,11-4)67-55(69)63)38-24-32(25-39(60)49(38)77-34)53(75)64-46-35-16-12-14-18-42(35)78-56(5,6)50(46)72/h12-19,22-25,34,40-41,46-47,50-51,72-73H,8-11,20-21,26-29H2,1-7H3,(H2,62,66)(H2,63,67)(H,64,75)(H,65,74)/t34?,40-,41-,46-,47-,50+,51+,57?/m1/s1. The molecule has 4 aromatic rings. The molecule has 20 heteroatoms. The third kappa shape index (κ3) is 9.64. The monoisotopic (exact) mass is 1100 g/mol. The van der Waals surface area contributed by atoms with E-state index < -0.39 is 76.6 Å². The summed E-state index contributed by atoms with van der Waals surface area (Å²) in [6.45, 7) is 13.2. The number of nitrogens with one attached hydrogen (secondary N) is 2. The van der Waals surface area contributed by atoms with Gasteiger partial charge in [-0.05, 0) is 82.9 Å². The Bertz CT molecular complexity index is 3240. The molecule has 0 saturated carbocycles. The number of nitriles is 1. The van der Waals surface area contributed by atoms with Crippen LogP contribution in [-0.2, 0) is 9.59 Å². The van der Waals surface area contributed by atoms with Crippen LogP contribution < -0.4 is 41.0 Å². The summed E-state index contributed by atoms with van der Waals surface area (Å²) in [7, 11) is 0. The van der Waals surface area contributed by atoms with E-state index in [4.69, 9.17) is 52.0 Å². The van der Waals surface area contributed by atoms with E-state index in [0.717, 1.165) is 0 Å². The number of carbonyl (C=O) groups is 4. The van der Waals surface area contributed by atoms with Crippen LogP contribution in [0.5, 0.6) is 23.0 Å². The number of aliphatic imine (C=N–C) groups is 2. The highest BCUT2D eigenvalue weighted by Crippen LogP contribution is 2.50. The number of para-hydroxylation sites is 2. The Balaban J connectivity index is 0.968. The Kier molecular flexibility index (Phi) is 14.4. The van der Waals surface area contributed by atoms with Gasteiger partial charge in [0.15, 0.2) is 11.9 Å². The van der Waals surface area contributed by atoms with Gasteiger partial charge in [-0.25, -0.2) is 9.98 Å². The summed E-state index contributed by atoms with van der Waals surface area (Å²) in [5, 5.41) is 40.7. The van der Waals surface area contributed by atoms with Crippen LogP contribution in [0.2, 0.25) is 5.02 Å². The minimum absolute atomic E-state index is 0.00248. The Morgan fingerprint density at radius 3 is 1.78 bits per heavy atom. The van der Waals surface area contributed by atoms with Crippen LogP contribution in [0.4, 0.5) is 0 Å². The van der Waals surface area contributed by atoms with Crippen molar-refractivity contribution in [2.24, 2.45) is 21.5 Å². The van der Waals surface area contributed by atoms with Gasteiger partial charge in [0.05, 0.1) is 65.3 Å². The number of carbonyl (C=O) groups excluding carboxylic acids is 4. The van der Waals surface area contributed by atoms with E-state index in [-0.39, 0.29) is 89.2 Å². The first kappa shape index (κ1) is 54.9. The summed E-state index contributed by atoms with van der Waals surface area (Å²) < 4.78 is 25.6. The van der Waals surface area contributed by atoms with Crippen LogP contribution in [0.15, 0.2) is 82.8 Å². The Labute approximate surface area is 464 Å². The Hall–Kier alpha value is -7.40. The molecule has 19 nitrogen and oxygen atoms in total. The van der Waals surface area contributed by atoms with Crippen molar-refractivity contribution in [3.8, 4) is 29.1 Å². The predicted octanol–water partition coefficient (Wildman–Crippen LogP) is 7.52. The van der Waals surface area contributed by atoms with E-state index in [9.17, 15) is 34.7 Å². The number of benzene rings is 4. The smallest absolute Gasteiger partial charge is 0.251 e. The maximum absolute atomic E-state index is 14.7. The minimum Gasteiger partial charge on any atom is -0.492 e. The lowest BCUT2D eigenvalue weighted by atomic mass is 9.79. The molecule has 2 unspecified atom stereocenters. The first-order valence-electron chi connectivity index (χ1n) is 27.2. The quantitative estimate of drug-likeness (QED) is 0.0802. The lowest BCUT2D eigenvalue weighted by Crippen LogP contribution is -2.58. The average Bonchev–Trinajstić information content (AvgIpc) is 3.59. The van der Waals surface area contributed by atoms with Crippen LogP contribution in [0.3, 0.4) is 0 Å². The van der Waals surface area contributed by atoms with Crippen molar-refractivity contribution < 1.29 is 48.3 Å². The number of amides is 4. The molecular weight excluding hydrogens is 1030 g/mol. The lowest BCUT2D eigenvalue weighted by Gasteiger charge is -2.47. The number of halogens is 1. The van der Waals surface area contributed by atoms with E-state index in [1.54, 1.807) is 75.4 Å². The van der Waals surface area contributed by atoms with Gasteiger partial charge in [0, 0.05) is 52.6 Å². The molecule has 0 spiro atoms. The van der Waals surface area contributed by atoms with Gasteiger partial charge in [0.2, 0.25) is 11.8 Å². The molecule has 0 aromatic heterocycles. The topological polar surface area (TPSA) is 277 Å². The molecule has 8 N–H and O–H groups in total. The lowest BCUT2D eigenvalue weighted by molar-refractivity contribution is -0.133. The van der Waals surface area contributed by atoms with E-state index in [2.05, 4.69) is 16.7 Å². The molecule has 416 valence electrons. The van der Waals surface area contributed by atoms with Crippen molar-refractivity contribution in [1.82, 2.24) is 20.4 Å². The highest BCUT2D eigenvalue weighted by molar-refractivity contribution is 6.32. The normalized spacial score (nSPS) is 27.1. The number of ether oxygens (including phenoxy) is 4. The maximum Gasteiger partial charge on any atom is 0.251 e. The molecule has 6 aliphatic rings. The van der Waals surface area contributed by atoms with E-state index in [1.165, 1.54) is 21.9 Å². The van der Waals surface area contributed by atoms with Crippen molar-refractivity contribution in [3.63, 3.8) is 0 Å². The highest BCUT2D eigenvalue weighted by atomic mass is 35.5. The number of nitrogens with zero attached hydrogens (tertiary/aromatic N) is 5. The van der Waals surface area contributed by atoms with Gasteiger partial charge in [-0.3, -0.25) is 29.0 Å². The van der Waals surface area contributed by atoms with Gasteiger partial charge in [-0.2, -0.15) is 5.26 Å². The predicted molar refractivity (Wildman–Crippen MR) is 294 cm³/mol. The fourth-order valence-electron chi connectivity index (χ4n) is 12.5. The number of aliphatic hydroxyl groups excluding tert-OH is 2. The van der Waals surface area contributed by atoms with Crippen molar-refractivity contribution in [2.75, 3.05) is 6.61 Å². The van der Waals surface area contributed by atoms with Crippen molar-refractivity contribution in [1.29, 1.82) is 5.26 Å². The maximum atomic E-state index is 14.7. The second-order valence-corrected chi connectivity index (χ2v) is 22.9. The zero-order valence-electron chi connectivity index (χ0n) is 45.5. The molecule has 10 rings (SSSR count). The number of rotatable bonds is 12.